The molecule has 0 heterocycles. The Hall–Kier alpha value is -2.60. The van der Waals surface area contributed by atoms with Gasteiger partial charge in [0.15, 0.2) is 0 Å². The number of ether oxygens (including phenoxy) is 2. The summed E-state index contributed by atoms with van der Waals surface area (Å²) in [6.45, 7) is 0. The van der Waals surface area contributed by atoms with Gasteiger partial charge >= 0.3 is 248 Å². The van der Waals surface area contributed by atoms with Crippen LogP contribution < -0.4 is 35.1 Å². The van der Waals surface area contributed by atoms with Crippen LogP contribution in [0.4, 0.5) is 5.69 Å². The van der Waals surface area contributed by atoms with E-state index in [0.29, 0.717) is 0 Å². The Bertz CT molecular complexity index is 1430. The summed E-state index contributed by atoms with van der Waals surface area (Å²) in [5.74, 6) is 1.49. The van der Waals surface area contributed by atoms with Gasteiger partial charge in [0.05, 0.1) is 0 Å². The molecule has 0 bridgehead atoms. The maximum absolute atomic E-state index is 5.79. The van der Waals surface area contributed by atoms with Crippen LogP contribution >= 0.6 is 11.3 Å². The molecule has 3 nitrogen and oxygen atoms in total. The molecule has 0 N–H and O–H groups in total. The molecule has 0 radical (unpaired) electrons. The van der Waals surface area contributed by atoms with E-state index in [0.717, 1.165) is 17.2 Å². The van der Waals surface area contributed by atoms with Gasteiger partial charge in [-0.15, -0.1) is 0 Å². The van der Waals surface area contributed by atoms with Gasteiger partial charge in [0.25, 0.3) is 0 Å². The van der Waals surface area contributed by atoms with Crippen LogP contribution in [0.25, 0.3) is 0 Å². The zero-order valence-electron chi connectivity index (χ0n) is 21.8. The van der Waals surface area contributed by atoms with Gasteiger partial charge in [-0.1, -0.05) is 0 Å². The Morgan fingerprint density at radius 3 is 1.00 bits per heavy atom. The van der Waals surface area contributed by atoms with Crippen LogP contribution in [0.3, 0.4) is 0 Å². The molecule has 196 valence electrons. The van der Waals surface area contributed by atoms with Crippen molar-refractivity contribution in [2.45, 2.75) is 0 Å². The van der Waals surface area contributed by atoms with Gasteiger partial charge in [-0.3, -0.25) is 0 Å². The van der Waals surface area contributed by atoms with Crippen molar-refractivity contribution < 1.29 is 9.47 Å². The third-order valence-electron chi connectivity index (χ3n) is 6.53. The van der Waals surface area contributed by atoms with E-state index in [1.165, 1.54) is 21.2 Å². The predicted octanol–water partition coefficient (Wildman–Crippen LogP) is 5.84. The summed E-state index contributed by atoms with van der Waals surface area (Å²) in [6.07, 6.45) is 0. The average Bonchev–Trinajstić information content (AvgIpc) is 3.02. The van der Waals surface area contributed by atoms with Crippen molar-refractivity contribution in [2.24, 2.45) is 0 Å². The molecule has 0 fully saturated rings. The topological polar surface area (TPSA) is 21.7 Å². The summed E-state index contributed by atoms with van der Waals surface area (Å²) in [4.78, 5) is 0. The number of hydrogen-bond acceptors (Lipinski definition) is 3. The van der Waals surface area contributed by atoms with Crippen LogP contribution in [0.5, 0.6) is 11.5 Å². The molecule has 0 saturated carbocycles. The van der Waals surface area contributed by atoms with Crippen molar-refractivity contribution in [3.05, 3.63) is 140 Å². The van der Waals surface area contributed by atoms with Crippen molar-refractivity contribution in [3.63, 3.8) is 0 Å². The summed E-state index contributed by atoms with van der Waals surface area (Å²) < 4.78 is 14.2. The van der Waals surface area contributed by atoms with E-state index in [1.54, 1.807) is 14.2 Å². The second-order valence-electron chi connectivity index (χ2n) is 8.85. The Morgan fingerprint density at radius 2 is 0.744 bits per heavy atom. The number of benzene rings is 5. The van der Waals surface area contributed by atoms with Crippen LogP contribution in [-0.4, -0.2) is 44.4 Å². The molecule has 0 unspecified atom stereocenters. The number of methoxy groups -OCH3 is 2. The third-order valence-corrected chi connectivity index (χ3v) is 22.7. The summed E-state index contributed by atoms with van der Waals surface area (Å²) in [5.41, 5.74) is -3.79. The van der Waals surface area contributed by atoms with E-state index in [9.17, 15) is 0 Å². The van der Waals surface area contributed by atoms with Gasteiger partial charge in [-0.2, -0.15) is 0 Å². The van der Waals surface area contributed by atoms with Crippen LogP contribution in [0, 0.1) is 0 Å². The van der Waals surface area contributed by atoms with Crippen LogP contribution in [-0.2, 0) is 0 Å². The zero-order chi connectivity index (χ0) is 27.3. The first-order valence-electron chi connectivity index (χ1n) is 12.5. The van der Waals surface area contributed by atoms with E-state index < -0.39 is 11.3 Å². The molecule has 0 aliphatic carbocycles. The molecule has 7 heteroatoms. The van der Waals surface area contributed by atoms with Crippen molar-refractivity contribution in [1.29, 1.82) is 0 Å². The fourth-order valence-corrected chi connectivity index (χ4v) is 22.5. The molecule has 0 aliphatic rings. The van der Waals surface area contributed by atoms with Gasteiger partial charge in [0.1, 0.15) is 0 Å². The third kappa shape index (κ3) is 5.41. The minimum absolute atomic E-state index is 0.745. The molecule has 0 aromatic heterocycles. The Labute approximate surface area is 246 Å². The maximum atomic E-state index is 5.79. The molecule has 0 aliphatic heterocycles. The normalized spacial score (nSPS) is 11.5. The van der Waals surface area contributed by atoms with E-state index in [4.69, 9.17) is 9.47 Å². The summed E-state index contributed by atoms with van der Waals surface area (Å²) in [7, 11) is 3.40. The molecule has 0 amide bonds. The van der Waals surface area contributed by atoms with Crippen molar-refractivity contribution in [2.75, 3.05) is 18.7 Å². The van der Waals surface area contributed by atoms with E-state index in [2.05, 4.69) is 168 Å². The minimum atomic E-state index is -2.40. The SMILES string of the molecule is COc1cc(OC)cc(N(P(=[Se])(c2ccccc2)c2ccccc2)P(=[Se])(c2ccccc2)c2ccccc2)c1. The Kier molecular flexibility index (Phi) is 8.80. The van der Waals surface area contributed by atoms with Crippen molar-refractivity contribution >= 4 is 68.4 Å². The second kappa shape index (κ2) is 12.3. The van der Waals surface area contributed by atoms with Gasteiger partial charge < -0.3 is 0 Å². The summed E-state index contributed by atoms with van der Waals surface area (Å²) in [6, 6.07) is 49.4. The van der Waals surface area contributed by atoms with Crippen LogP contribution in [0.1, 0.15) is 0 Å². The molecule has 5 aromatic rings. The fourth-order valence-electron chi connectivity index (χ4n) is 4.67. The van der Waals surface area contributed by atoms with E-state index in [-0.39, 0.29) is 0 Å². The first-order chi connectivity index (χ1) is 19.0. The van der Waals surface area contributed by atoms with Gasteiger partial charge in [0.2, 0.25) is 0 Å². The van der Waals surface area contributed by atoms with Gasteiger partial charge in [-0.25, -0.2) is 0 Å². The Morgan fingerprint density at radius 1 is 0.462 bits per heavy atom. The number of nitrogens with zero attached hydrogens (tertiary/aromatic N) is 1. The molecule has 39 heavy (non-hydrogen) atoms. The van der Waals surface area contributed by atoms with Crippen molar-refractivity contribution in [1.82, 2.24) is 0 Å². The molecule has 0 atom stereocenters. The molecule has 0 saturated heterocycles. The van der Waals surface area contributed by atoms with Crippen molar-refractivity contribution in [3.8, 4) is 11.5 Å². The molecular formula is C32H29NO2P2Se2. The molecule has 0 spiro atoms. The van der Waals surface area contributed by atoms with Gasteiger partial charge in [-0.05, 0) is 0 Å². The first kappa shape index (κ1) is 27.9. The number of rotatable bonds is 9. The molecule has 5 aromatic carbocycles. The predicted molar refractivity (Wildman–Crippen MR) is 172 cm³/mol. The monoisotopic (exact) mass is 681 g/mol. The quantitative estimate of drug-likeness (QED) is 0.144. The number of hydrogen-bond donors (Lipinski definition) is 0. The summed E-state index contributed by atoms with van der Waals surface area (Å²) in [5, 5.41) is 4.96. The standard InChI is InChI=1S/C32H29NO2P2Se2/c1-34-27-23-26(24-28(25-27)35-2)33(36(38,29-15-7-3-8-16-29)30-17-9-4-10-18-30)37(39,31-19-11-5-12-20-31)32-21-13-6-14-22-32/h3-25H,1-2H3. The second-order valence-corrected chi connectivity index (χ2v) is 21.0. The summed E-state index contributed by atoms with van der Waals surface area (Å²) >= 11 is 7.61. The van der Waals surface area contributed by atoms with E-state index >= 15 is 0 Å². The average molecular weight is 679 g/mol. The molecular weight excluding hydrogens is 650 g/mol. The fraction of sp³-hybridized carbons (Fsp3) is 0.0625. The van der Waals surface area contributed by atoms with Crippen LogP contribution in [0.15, 0.2) is 140 Å². The van der Waals surface area contributed by atoms with E-state index in [1.807, 2.05) is 6.07 Å². The Balaban J connectivity index is 1.96. The zero-order valence-corrected chi connectivity index (χ0v) is 27.0. The van der Waals surface area contributed by atoms with Crippen LogP contribution in [0.2, 0.25) is 0 Å². The van der Waals surface area contributed by atoms with Gasteiger partial charge in [0, 0.05) is 0 Å². The molecule has 5 rings (SSSR count). The number of anilines is 1. The first-order valence-corrected chi connectivity index (χ1v) is 20.4.